The van der Waals surface area contributed by atoms with Crippen molar-refractivity contribution in [3.05, 3.63) is 71.8 Å². The highest BCUT2D eigenvalue weighted by Gasteiger charge is 2.20. The molecule has 0 aliphatic heterocycles. The highest BCUT2D eigenvalue weighted by molar-refractivity contribution is 5.85. The van der Waals surface area contributed by atoms with E-state index >= 15 is 0 Å². The van der Waals surface area contributed by atoms with Crippen LogP contribution in [0.5, 0.6) is 0 Å². The number of hydrogen-bond donors (Lipinski definition) is 2. The second kappa shape index (κ2) is 10.2. The molecule has 0 fully saturated rings. The number of rotatable bonds is 9. The fraction of sp³-hybridized carbons (Fsp3) is 0.375. The summed E-state index contributed by atoms with van der Waals surface area (Å²) >= 11 is 0. The summed E-state index contributed by atoms with van der Waals surface area (Å²) in [6.07, 6.45) is 11.4. The second-order valence-electron chi connectivity index (χ2n) is 7.49. The summed E-state index contributed by atoms with van der Waals surface area (Å²) in [4.78, 5) is 14.8. The van der Waals surface area contributed by atoms with Gasteiger partial charge in [0.05, 0.1) is 12.6 Å². The van der Waals surface area contributed by atoms with E-state index in [1.54, 1.807) is 0 Å². The van der Waals surface area contributed by atoms with Gasteiger partial charge in [0, 0.05) is 6.54 Å². The Morgan fingerprint density at radius 1 is 1.14 bits per heavy atom. The van der Waals surface area contributed by atoms with Crippen LogP contribution in [0.25, 0.3) is 10.8 Å². The van der Waals surface area contributed by atoms with E-state index in [1.807, 2.05) is 23.1 Å². The molecule has 0 radical (unpaired) electrons. The van der Waals surface area contributed by atoms with Crippen molar-refractivity contribution in [3.8, 4) is 0 Å². The van der Waals surface area contributed by atoms with E-state index in [0.717, 1.165) is 36.6 Å². The molecule has 0 aromatic heterocycles. The van der Waals surface area contributed by atoms with E-state index in [4.69, 9.17) is 11.5 Å². The Balaban J connectivity index is 1.64. The van der Waals surface area contributed by atoms with Gasteiger partial charge in [0.1, 0.15) is 0 Å². The van der Waals surface area contributed by atoms with Gasteiger partial charge in [0.15, 0.2) is 0 Å². The van der Waals surface area contributed by atoms with Gasteiger partial charge in [0.2, 0.25) is 5.91 Å². The molecule has 28 heavy (non-hydrogen) atoms. The third kappa shape index (κ3) is 5.54. The predicted octanol–water partition coefficient (Wildman–Crippen LogP) is 3.90. The van der Waals surface area contributed by atoms with Crippen LogP contribution in [0.2, 0.25) is 0 Å². The van der Waals surface area contributed by atoms with Crippen molar-refractivity contribution >= 4 is 16.7 Å². The third-order valence-electron chi connectivity index (χ3n) is 5.35. The largest absolute Gasteiger partial charge is 0.330 e. The van der Waals surface area contributed by atoms with Crippen LogP contribution in [0.4, 0.5) is 0 Å². The summed E-state index contributed by atoms with van der Waals surface area (Å²) in [5.41, 5.74) is 14.5. The van der Waals surface area contributed by atoms with Gasteiger partial charge >= 0.3 is 0 Å². The average Bonchev–Trinajstić information content (AvgIpc) is 2.72. The molecule has 2 aromatic rings. The number of carbonyl (C=O) groups is 1. The molecule has 0 heterocycles. The van der Waals surface area contributed by atoms with Crippen LogP contribution >= 0.6 is 0 Å². The van der Waals surface area contributed by atoms with E-state index in [0.29, 0.717) is 25.9 Å². The van der Waals surface area contributed by atoms with Gasteiger partial charge in [0.25, 0.3) is 0 Å². The first kappa shape index (κ1) is 20.3. The maximum atomic E-state index is 13.0. The molecule has 1 amide bonds. The second-order valence-corrected chi connectivity index (χ2v) is 7.49. The van der Waals surface area contributed by atoms with Gasteiger partial charge in [-0.3, -0.25) is 4.79 Å². The van der Waals surface area contributed by atoms with Crippen LogP contribution in [0, 0.1) is 0 Å². The van der Waals surface area contributed by atoms with Crippen molar-refractivity contribution < 1.29 is 4.79 Å². The van der Waals surface area contributed by atoms with Gasteiger partial charge in [-0.05, 0) is 55.0 Å². The first-order chi connectivity index (χ1) is 13.7. The highest BCUT2D eigenvalue weighted by atomic mass is 16.2. The molecule has 4 heteroatoms. The first-order valence-electron chi connectivity index (χ1n) is 10.2. The molecule has 148 valence electrons. The molecule has 0 bridgehead atoms. The van der Waals surface area contributed by atoms with Crippen molar-refractivity contribution in [2.75, 3.05) is 13.1 Å². The van der Waals surface area contributed by atoms with E-state index in [9.17, 15) is 4.79 Å². The van der Waals surface area contributed by atoms with Crippen molar-refractivity contribution in [2.24, 2.45) is 11.5 Å². The Kier molecular flexibility index (Phi) is 7.40. The minimum absolute atomic E-state index is 0.0775. The molecule has 1 atom stereocenters. The minimum Gasteiger partial charge on any atom is -0.330 e. The van der Waals surface area contributed by atoms with Crippen molar-refractivity contribution in [2.45, 2.75) is 44.7 Å². The molecule has 3 rings (SSSR count). The summed E-state index contributed by atoms with van der Waals surface area (Å²) in [6.45, 7) is 1.16. The molecular formula is C24H31N3O. The summed E-state index contributed by atoms with van der Waals surface area (Å²) in [5.74, 6) is 0.0775. The van der Waals surface area contributed by atoms with Gasteiger partial charge < -0.3 is 16.4 Å². The lowest BCUT2D eigenvalue weighted by Gasteiger charge is -2.29. The quantitative estimate of drug-likeness (QED) is 0.651. The number of carbonyl (C=O) groups excluding carboxylic acids is 1. The Morgan fingerprint density at radius 3 is 2.71 bits per heavy atom. The summed E-state index contributed by atoms with van der Waals surface area (Å²) in [7, 11) is 0. The number of fused-ring (bicyclic) bond motifs is 1. The van der Waals surface area contributed by atoms with Crippen LogP contribution in [0.3, 0.4) is 0 Å². The van der Waals surface area contributed by atoms with E-state index in [2.05, 4.69) is 42.5 Å². The van der Waals surface area contributed by atoms with Gasteiger partial charge in [-0.25, -0.2) is 0 Å². The SMILES string of the molecule is NCCC(N)N(CCCC1=CC=CCC1)C(=O)Cc1ccc2ccccc2c1. The molecule has 4 nitrogen and oxygen atoms in total. The minimum atomic E-state index is -0.321. The molecule has 1 aliphatic rings. The molecule has 1 aliphatic carbocycles. The van der Waals surface area contributed by atoms with Crippen LogP contribution in [-0.2, 0) is 11.2 Å². The van der Waals surface area contributed by atoms with Crippen LogP contribution in [-0.4, -0.2) is 30.1 Å². The number of amides is 1. The normalized spacial score (nSPS) is 14.7. The van der Waals surface area contributed by atoms with E-state index < -0.39 is 0 Å². The summed E-state index contributed by atoms with van der Waals surface area (Å²) in [5, 5.41) is 2.34. The zero-order chi connectivity index (χ0) is 19.8. The summed E-state index contributed by atoms with van der Waals surface area (Å²) < 4.78 is 0. The maximum absolute atomic E-state index is 13.0. The Labute approximate surface area is 167 Å². The van der Waals surface area contributed by atoms with Gasteiger partial charge in [-0.1, -0.05) is 66.3 Å². The van der Waals surface area contributed by atoms with Gasteiger partial charge in [-0.15, -0.1) is 0 Å². The smallest absolute Gasteiger partial charge is 0.228 e. The van der Waals surface area contributed by atoms with Crippen LogP contribution < -0.4 is 11.5 Å². The monoisotopic (exact) mass is 377 g/mol. The third-order valence-corrected chi connectivity index (χ3v) is 5.35. The standard InChI is InChI=1S/C24H31N3O/c25-15-14-23(26)27(16-6-9-19-7-2-1-3-8-19)24(28)18-20-12-13-21-10-4-5-11-22(21)17-20/h1-2,4-5,7,10-13,17,23H,3,6,8-9,14-16,18,25-26H2. The molecular weight excluding hydrogens is 346 g/mol. The molecule has 4 N–H and O–H groups in total. The van der Waals surface area contributed by atoms with Crippen LogP contribution in [0.15, 0.2) is 66.3 Å². The lowest BCUT2D eigenvalue weighted by Crippen LogP contribution is -2.48. The highest BCUT2D eigenvalue weighted by Crippen LogP contribution is 2.19. The van der Waals surface area contributed by atoms with E-state index in [-0.39, 0.29) is 12.1 Å². The molecule has 1 unspecified atom stereocenters. The number of nitrogens with zero attached hydrogens (tertiary/aromatic N) is 1. The number of hydrogen-bond acceptors (Lipinski definition) is 3. The maximum Gasteiger partial charge on any atom is 0.228 e. The molecule has 2 aromatic carbocycles. The molecule has 0 spiro atoms. The lowest BCUT2D eigenvalue weighted by molar-refractivity contribution is -0.132. The van der Waals surface area contributed by atoms with Crippen LogP contribution in [0.1, 0.15) is 37.7 Å². The van der Waals surface area contributed by atoms with E-state index in [1.165, 1.54) is 11.0 Å². The Hall–Kier alpha value is -2.43. The Bertz CT molecular complexity index is 856. The lowest BCUT2D eigenvalue weighted by atomic mass is 10.00. The summed E-state index contributed by atoms with van der Waals surface area (Å²) in [6, 6.07) is 14.4. The average molecular weight is 378 g/mol. The zero-order valence-electron chi connectivity index (χ0n) is 16.5. The molecule has 0 saturated heterocycles. The first-order valence-corrected chi connectivity index (χ1v) is 10.2. The van der Waals surface area contributed by atoms with Crippen molar-refractivity contribution in [1.82, 2.24) is 4.90 Å². The topological polar surface area (TPSA) is 72.3 Å². The predicted molar refractivity (Wildman–Crippen MR) is 117 cm³/mol. The Morgan fingerprint density at radius 2 is 1.96 bits per heavy atom. The fourth-order valence-corrected chi connectivity index (χ4v) is 3.76. The van der Waals surface area contributed by atoms with Crippen molar-refractivity contribution in [3.63, 3.8) is 0 Å². The number of nitrogens with two attached hydrogens (primary N) is 2. The molecule has 0 saturated carbocycles. The number of allylic oxidation sites excluding steroid dienone is 4. The zero-order valence-corrected chi connectivity index (χ0v) is 16.5. The number of benzene rings is 2. The van der Waals surface area contributed by atoms with Gasteiger partial charge in [-0.2, -0.15) is 0 Å². The fourth-order valence-electron chi connectivity index (χ4n) is 3.76. The van der Waals surface area contributed by atoms with Crippen molar-refractivity contribution in [1.29, 1.82) is 0 Å².